The van der Waals surface area contributed by atoms with Crippen molar-refractivity contribution >= 4 is 5.91 Å². The van der Waals surface area contributed by atoms with Crippen molar-refractivity contribution in [2.24, 2.45) is 11.7 Å². The summed E-state index contributed by atoms with van der Waals surface area (Å²) in [4.78, 5) is 10.7. The van der Waals surface area contributed by atoms with Crippen molar-refractivity contribution in [3.63, 3.8) is 0 Å². The summed E-state index contributed by atoms with van der Waals surface area (Å²) in [5.41, 5.74) is 5.68. The molecule has 0 rings (SSSR count). The molecular formula is C9H17NO. The standard InChI is InChI=1S/C9H17NO/c1-4-6-8(5-2)7(3)9(10)11/h8H,3-6H2,1-2H3,(H2,10,11). The molecule has 0 aliphatic carbocycles. The zero-order valence-electron chi connectivity index (χ0n) is 7.39. The summed E-state index contributed by atoms with van der Waals surface area (Å²) in [6, 6.07) is 0. The second kappa shape index (κ2) is 4.94. The van der Waals surface area contributed by atoms with Crippen molar-refractivity contribution in [2.75, 3.05) is 0 Å². The number of hydrogen-bond acceptors (Lipinski definition) is 1. The molecule has 0 saturated heterocycles. The summed E-state index contributed by atoms with van der Waals surface area (Å²) in [7, 11) is 0. The number of rotatable bonds is 5. The fourth-order valence-electron chi connectivity index (χ4n) is 1.17. The van der Waals surface area contributed by atoms with Crippen LogP contribution in [0.1, 0.15) is 33.1 Å². The van der Waals surface area contributed by atoms with Crippen LogP contribution in [0.5, 0.6) is 0 Å². The van der Waals surface area contributed by atoms with E-state index in [2.05, 4.69) is 20.4 Å². The molecule has 0 bridgehead atoms. The average Bonchev–Trinajstić information content (AvgIpc) is 1.98. The molecule has 1 unspecified atom stereocenters. The van der Waals surface area contributed by atoms with Crippen LogP contribution in [0.25, 0.3) is 0 Å². The fraction of sp³-hybridized carbons (Fsp3) is 0.667. The second-order valence-electron chi connectivity index (χ2n) is 2.78. The van der Waals surface area contributed by atoms with Crippen LogP contribution in [-0.2, 0) is 4.79 Å². The molecule has 0 aromatic rings. The first-order chi connectivity index (χ1) is 5.13. The second-order valence-corrected chi connectivity index (χ2v) is 2.78. The highest BCUT2D eigenvalue weighted by Gasteiger charge is 2.13. The van der Waals surface area contributed by atoms with E-state index in [-0.39, 0.29) is 11.8 Å². The molecule has 2 nitrogen and oxygen atoms in total. The van der Waals surface area contributed by atoms with Gasteiger partial charge in [0.25, 0.3) is 0 Å². The van der Waals surface area contributed by atoms with E-state index in [1.54, 1.807) is 0 Å². The third-order valence-corrected chi connectivity index (χ3v) is 1.94. The molecule has 2 N–H and O–H groups in total. The van der Waals surface area contributed by atoms with Crippen molar-refractivity contribution < 1.29 is 4.79 Å². The van der Waals surface area contributed by atoms with Gasteiger partial charge in [-0.1, -0.05) is 26.8 Å². The van der Waals surface area contributed by atoms with E-state index in [1.165, 1.54) is 0 Å². The third-order valence-electron chi connectivity index (χ3n) is 1.94. The van der Waals surface area contributed by atoms with E-state index in [9.17, 15) is 4.79 Å². The van der Waals surface area contributed by atoms with Crippen LogP contribution in [0.2, 0.25) is 0 Å². The van der Waals surface area contributed by atoms with E-state index >= 15 is 0 Å². The fourth-order valence-corrected chi connectivity index (χ4v) is 1.17. The van der Waals surface area contributed by atoms with Crippen LogP contribution < -0.4 is 5.73 Å². The van der Waals surface area contributed by atoms with Crippen molar-refractivity contribution in [3.8, 4) is 0 Å². The first-order valence-electron chi connectivity index (χ1n) is 4.12. The SMILES string of the molecule is C=C(C(N)=O)C(CC)CCC. The Kier molecular flexibility index (Phi) is 4.59. The minimum absolute atomic E-state index is 0.289. The Morgan fingerprint density at radius 3 is 2.36 bits per heavy atom. The zero-order valence-corrected chi connectivity index (χ0v) is 7.39. The summed E-state index contributed by atoms with van der Waals surface area (Å²) in [5, 5.41) is 0. The van der Waals surface area contributed by atoms with Gasteiger partial charge in [0, 0.05) is 5.57 Å². The maximum Gasteiger partial charge on any atom is 0.244 e. The Morgan fingerprint density at radius 2 is 2.09 bits per heavy atom. The van der Waals surface area contributed by atoms with Crippen LogP contribution >= 0.6 is 0 Å². The highest BCUT2D eigenvalue weighted by Crippen LogP contribution is 2.18. The predicted octanol–water partition coefficient (Wildman–Crippen LogP) is 1.85. The molecule has 1 amide bonds. The van der Waals surface area contributed by atoms with Crippen LogP contribution in [-0.4, -0.2) is 5.91 Å². The van der Waals surface area contributed by atoms with Gasteiger partial charge in [0.05, 0.1) is 0 Å². The smallest absolute Gasteiger partial charge is 0.244 e. The maximum atomic E-state index is 10.7. The molecule has 0 aliphatic heterocycles. The lowest BCUT2D eigenvalue weighted by atomic mass is 9.93. The van der Waals surface area contributed by atoms with Gasteiger partial charge in [-0.2, -0.15) is 0 Å². The van der Waals surface area contributed by atoms with Crippen molar-refractivity contribution in [1.29, 1.82) is 0 Å². The Morgan fingerprint density at radius 1 is 1.55 bits per heavy atom. The van der Waals surface area contributed by atoms with Gasteiger partial charge in [-0.15, -0.1) is 0 Å². The summed E-state index contributed by atoms with van der Waals surface area (Å²) < 4.78 is 0. The maximum absolute atomic E-state index is 10.7. The van der Waals surface area contributed by atoms with E-state index < -0.39 is 0 Å². The quantitative estimate of drug-likeness (QED) is 0.605. The van der Waals surface area contributed by atoms with Gasteiger partial charge in [0.15, 0.2) is 0 Å². The lowest BCUT2D eigenvalue weighted by Gasteiger charge is -2.13. The molecule has 0 radical (unpaired) electrons. The molecule has 0 fully saturated rings. The molecule has 0 spiro atoms. The van der Waals surface area contributed by atoms with Crippen LogP contribution in [0.4, 0.5) is 0 Å². The van der Waals surface area contributed by atoms with E-state index in [0.29, 0.717) is 5.57 Å². The normalized spacial score (nSPS) is 12.5. The van der Waals surface area contributed by atoms with Crippen molar-refractivity contribution in [1.82, 2.24) is 0 Å². The number of hydrogen-bond donors (Lipinski definition) is 1. The minimum Gasteiger partial charge on any atom is -0.366 e. The summed E-state index contributed by atoms with van der Waals surface area (Å²) in [6.45, 7) is 7.81. The lowest BCUT2D eigenvalue weighted by molar-refractivity contribution is -0.115. The van der Waals surface area contributed by atoms with Gasteiger partial charge in [-0.3, -0.25) is 4.79 Å². The van der Waals surface area contributed by atoms with Crippen molar-refractivity contribution in [3.05, 3.63) is 12.2 Å². The summed E-state index contributed by atoms with van der Waals surface area (Å²) >= 11 is 0. The van der Waals surface area contributed by atoms with Gasteiger partial charge in [0.1, 0.15) is 0 Å². The zero-order chi connectivity index (χ0) is 8.85. The molecule has 64 valence electrons. The van der Waals surface area contributed by atoms with E-state index in [0.717, 1.165) is 19.3 Å². The van der Waals surface area contributed by atoms with Gasteiger partial charge >= 0.3 is 0 Å². The highest BCUT2D eigenvalue weighted by molar-refractivity contribution is 5.91. The average molecular weight is 155 g/mol. The number of amides is 1. The number of primary amides is 1. The first-order valence-corrected chi connectivity index (χ1v) is 4.12. The molecule has 11 heavy (non-hydrogen) atoms. The number of carbonyl (C=O) groups is 1. The Labute approximate surface area is 68.5 Å². The summed E-state index contributed by atoms with van der Waals surface area (Å²) in [5.74, 6) is -0.0669. The monoisotopic (exact) mass is 155 g/mol. The third kappa shape index (κ3) is 3.21. The van der Waals surface area contributed by atoms with Gasteiger partial charge in [-0.25, -0.2) is 0 Å². The van der Waals surface area contributed by atoms with Crippen LogP contribution in [0.15, 0.2) is 12.2 Å². The molecule has 0 saturated carbocycles. The lowest BCUT2D eigenvalue weighted by Crippen LogP contribution is -2.19. The highest BCUT2D eigenvalue weighted by atomic mass is 16.1. The van der Waals surface area contributed by atoms with Gasteiger partial charge < -0.3 is 5.73 Å². The minimum atomic E-state index is -0.356. The molecule has 2 heteroatoms. The molecule has 0 aromatic heterocycles. The predicted molar refractivity (Wildman–Crippen MR) is 47.0 cm³/mol. The van der Waals surface area contributed by atoms with E-state index in [4.69, 9.17) is 5.73 Å². The Hall–Kier alpha value is -0.790. The topological polar surface area (TPSA) is 43.1 Å². The first kappa shape index (κ1) is 10.2. The van der Waals surface area contributed by atoms with E-state index in [1.807, 2.05) is 0 Å². The molecule has 0 aliphatic rings. The molecule has 1 atom stereocenters. The Balaban J connectivity index is 4.02. The summed E-state index contributed by atoms with van der Waals surface area (Å²) in [6.07, 6.45) is 3.04. The Bertz CT molecular complexity index is 152. The number of carbonyl (C=O) groups excluding carboxylic acids is 1. The van der Waals surface area contributed by atoms with Crippen LogP contribution in [0, 0.1) is 5.92 Å². The largest absolute Gasteiger partial charge is 0.366 e. The molecule has 0 aromatic carbocycles. The van der Waals surface area contributed by atoms with Crippen LogP contribution in [0.3, 0.4) is 0 Å². The molecule has 0 heterocycles. The van der Waals surface area contributed by atoms with Gasteiger partial charge in [0.2, 0.25) is 5.91 Å². The van der Waals surface area contributed by atoms with Crippen molar-refractivity contribution in [2.45, 2.75) is 33.1 Å². The number of nitrogens with two attached hydrogens (primary N) is 1. The molecular weight excluding hydrogens is 138 g/mol. The van der Waals surface area contributed by atoms with Gasteiger partial charge in [-0.05, 0) is 18.8 Å².